The number of nitrogens with one attached hydrogen (secondary N) is 1. The zero-order chi connectivity index (χ0) is 23.8. The van der Waals surface area contributed by atoms with E-state index in [-0.39, 0.29) is 11.9 Å². The van der Waals surface area contributed by atoms with Crippen LogP contribution in [0.5, 0.6) is 0 Å². The first-order chi connectivity index (χ1) is 14.3. The van der Waals surface area contributed by atoms with Crippen LogP contribution in [0.15, 0.2) is 57.5 Å². The van der Waals surface area contributed by atoms with Crippen LogP contribution in [0.1, 0.15) is 52.7 Å². The molecular weight excluding hydrogens is 522 g/mol. The summed E-state index contributed by atoms with van der Waals surface area (Å²) in [6.07, 6.45) is 0. The predicted molar refractivity (Wildman–Crippen MR) is 134 cm³/mol. The Morgan fingerprint density at radius 3 is 1.58 bits per heavy atom. The van der Waals surface area contributed by atoms with Gasteiger partial charge in [0.2, 0.25) is 5.91 Å². The van der Waals surface area contributed by atoms with Gasteiger partial charge in [0, 0.05) is 15.5 Å². The number of amides is 1. The first kappa shape index (κ1) is 27.4. The zero-order valence-electron chi connectivity index (χ0n) is 19.4. The predicted octanol–water partition coefficient (Wildman–Crippen LogP) is 6.40. The highest BCUT2D eigenvalue weighted by molar-refractivity contribution is 9.10. The lowest BCUT2D eigenvalue weighted by atomic mass is 9.83. The fourth-order valence-corrected chi connectivity index (χ4v) is 3.28. The molecule has 1 amide bonds. The van der Waals surface area contributed by atoms with Crippen LogP contribution < -0.4 is 5.32 Å². The number of benzene rings is 2. The molecular formula is C25H33Br2NO3. The molecule has 0 heterocycles. The molecule has 0 unspecified atom stereocenters. The third-order valence-corrected chi connectivity index (χ3v) is 6.12. The molecule has 0 aromatic heterocycles. The molecule has 6 heteroatoms. The lowest BCUT2D eigenvalue weighted by Gasteiger charge is -2.24. The maximum Gasteiger partial charge on any atom is 0.315 e. The van der Waals surface area contributed by atoms with Crippen molar-refractivity contribution in [1.82, 2.24) is 5.32 Å². The van der Waals surface area contributed by atoms with Crippen molar-refractivity contribution in [2.24, 2.45) is 5.92 Å². The van der Waals surface area contributed by atoms with Crippen molar-refractivity contribution in [3.8, 4) is 0 Å². The van der Waals surface area contributed by atoms with Crippen molar-refractivity contribution in [3.05, 3.63) is 68.6 Å². The molecule has 0 saturated heterocycles. The van der Waals surface area contributed by atoms with E-state index in [0.29, 0.717) is 5.92 Å². The molecule has 2 aromatic carbocycles. The molecule has 4 nitrogen and oxygen atoms in total. The van der Waals surface area contributed by atoms with Gasteiger partial charge in [0.25, 0.3) is 0 Å². The molecule has 2 aromatic rings. The van der Waals surface area contributed by atoms with Crippen molar-refractivity contribution >= 4 is 43.7 Å². The molecule has 0 atom stereocenters. The van der Waals surface area contributed by atoms with Crippen LogP contribution in [-0.4, -0.2) is 25.5 Å². The second kappa shape index (κ2) is 11.8. The average molecular weight is 555 g/mol. The Morgan fingerprint density at radius 1 is 0.839 bits per heavy atom. The summed E-state index contributed by atoms with van der Waals surface area (Å²) in [6, 6.07) is 15.6. The Bertz CT molecular complexity index is 857. The minimum absolute atomic E-state index is 0.0773. The van der Waals surface area contributed by atoms with Crippen LogP contribution >= 0.6 is 31.9 Å². The summed E-state index contributed by atoms with van der Waals surface area (Å²) in [6.45, 7) is 12.5. The quantitative estimate of drug-likeness (QED) is 0.420. The summed E-state index contributed by atoms with van der Waals surface area (Å²) in [5.41, 5.74) is 0.903. The van der Waals surface area contributed by atoms with Crippen LogP contribution in [0.25, 0.3) is 0 Å². The fraction of sp³-hybridized carbons (Fsp3) is 0.440. The summed E-state index contributed by atoms with van der Waals surface area (Å²) in [5, 5.41) is 2.98. The van der Waals surface area contributed by atoms with Crippen molar-refractivity contribution < 1.29 is 14.3 Å². The van der Waals surface area contributed by atoms with E-state index in [9.17, 15) is 9.59 Å². The summed E-state index contributed by atoms with van der Waals surface area (Å²) >= 11 is 6.75. The Hall–Kier alpha value is -1.66. The highest BCUT2D eigenvalue weighted by Crippen LogP contribution is 2.26. The van der Waals surface area contributed by atoms with Gasteiger partial charge in [-0.15, -0.1) is 0 Å². The smallest absolute Gasteiger partial charge is 0.315 e. The van der Waals surface area contributed by atoms with E-state index in [1.807, 2.05) is 76.2 Å². The van der Waals surface area contributed by atoms with Gasteiger partial charge in [-0.2, -0.15) is 0 Å². The molecule has 0 spiro atoms. The Balaban J connectivity index is 0.000000316. The lowest BCUT2D eigenvalue weighted by molar-refractivity contribution is -0.146. The van der Waals surface area contributed by atoms with Crippen LogP contribution in [0.2, 0.25) is 0 Å². The highest BCUT2D eigenvalue weighted by atomic mass is 79.9. The normalized spacial score (nSPS) is 11.4. The van der Waals surface area contributed by atoms with E-state index in [2.05, 4.69) is 51.0 Å². The lowest BCUT2D eigenvalue weighted by Crippen LogP contribution is -2.41. The summed E-state index contributed by atoms with van der Waals surface area (Å²) < 4.78 is 6.78. The molecule has 0 aliphatic heterocycles. The molecule has 0 aliphatic rings. The molecule has 2 rings (SSSR count). The van der Waals surface area contributed by atoms with Gasteiger partial charge in [-0.25, -0.2) is 0 Å². The van der Waals surface area contributed by atoms with Crippen LogP contribution in [0.4, 0.5) is 0 Å². The minimum Gasteiger partial charge on any atom is -0.468 e. The van der Waals surface area contributed by atoms with Crippen molar-refractivity contribution in [2.75, 3.05) is 13.7 Å². The number of methoxy groups -OCH3 is 1. The van der Waals surface area contributed by atoms with E-state index < -0.39 is 10.8 Å². The Morgan fingerprint density at radius 2 is 1.23 bits per heavy atom. The van der Waals surface area contributed by atoms with Gasteiger partial charge in [0.05, 0.1) is 17.9 Å². The topological polar surface area (TPSA) is 55.4 Å². The van der Waals surface area contributed by atoms with Crippen molar-refractivity contribution in [1.29, 1.82) is 0 Å². The molecule has 31 heavy (non-hydrogen) atoms. The molecule has 0 fully saturated rings. The first-order valence-corrected chi connectivity index (χ1v) is 11.8. The average Bonchev–Trinajstić information content (AvgIpc) is 2.72. The van der Waals surface area contributed by atoms with E-state index in [1.165, 1.54) is 7.11 Å². The molecule has 1 N–H and O–H groups in total. The number of hydrogen-bond donors (Lipinski definition) is 1. The number of halogens is 2. The monoisotopic (exact) mass is 553 g/mol. The third-order valence-electron chi connectivity index (χ3n) is 5.07. The molecule has 170 valence electrons. The van der Waals surface area contributed by atoms with Crippen molar-refractivity contribution in [3.63, 3.8) is 0 Å². The third kappa shape index (κ3) is 8.08. The summed E-state index contributed by atoms with van der Waals surface area (Å²) in [5.74, 6) is 0.327. The molecule has 0 aliphatic carbocycles. The number of esters is 1. The number of ether oxygens (including phenoxy) is 1. The Kier molecular flexibility index (Phi) is 10.4. The van der Waals surface area contributed by atoms with Gasteiger partial charge in [-0.3, -0.25) is 9.59 Å². The first-order valence-electron chi connectivity index (χ1n) is 10.2. The number of rotatable bonds is 6. The maximum atomic E-state index is 12.1. The van der Waals surface area contributed by atoms with E-state index >= 15 is 0 Å². The summed E-state index contributed by atoms with van der Waals surface area (Å²) in [4.78, 5) is 23.6. The molecule has 0 saturated carbocycles. The molecule has 0 bridgehead atoms. The van der Waals surface area contributed by atoms with Gasteiger partial charge in [-0.05, 0) is 69.0 Å². The maximum absolute atomic E-state index is 12.1. The van der Waals surface area contributed by atoms with E-state index in [4.69, 9.17) is 4.74 Å². The Labute approximate surface area is 203 Å². The molecule has 0 radical (unpaired) electrons. The largest absolute Gasteiger partial charge is 0.468 e. The number of hydrogen-bond acceptors (Lipinski definition) is 3. The van der Waals surface area contributed by atoms with Gasteiger partial charge in [0.1, 0.15) is 0 Å². The van der Waals surface area contributed by atoms with E-state index in [0.717, 1.165) is 26.6 Å². The van der Waals surface area contributed by atoms with Crippen LogP contribution in [-0.2, 0) is 25.2 Å². The summed E-state index contributed by atoms with van der Waals surface area (Å²) in [7, 11) is 1.41. The zero-order valence-corrected chi connectivity index (χ0v) is 22.6. The minimum atomic E-state index is -0.588. The van der Waals surface area contributed by atoms with Crippen molar-refractivity contribution in [2.45, 2.75) is 52.4 Å². The van der Waals surface area contributed by atoms with Crippen LogP contribution in [0, 0.1) is 5.92 Å². The van der Waals surface area contributed by atoms with Crippen LogP contribution in [0.3, 0.4) is 0 Å². The SMILES string of the molecule is CC(C)CNC(=O)C(C)(C)c1ccc(Br)cc1.COC(=O)C(C)(C)c1ccc(Br)cc1. The second-order valence-electron chi connectivity index (χ2n) is 8.86. The number of carbonyl (C=O) groups is 2. The van der Waals surface area contributed by atoms with Gasteiger partial charge < -0.3 is 10.1 Å². The van der Waals surface area contributed by atoms with Gasteiger partial charge in [0.15, 0.2) is 0 Å². The second-order valence-corrected chi connectivity index (χ2v) is 10.7. The highest BCUT2D eigenvalue weighted by Gasteiger charge is 2.31. The number of carbonyl (C=O) groups excluding carboxylic acids is 2. The van der Waals surface area contributed by atoms with Gasteiger partial charge in [-0.1, -0.05) is 70.0 Å². The standard InChI is InChI=1S/C14H20BrNO.C11H13BrO2/c1-10(2)9-16-13(17)14(3,4)11-5-7-12(15)8-6-11;1-11(2,10(13)14-3)8-4-6-9(12)7-5-8/h5-8,10H,9H2,1-4H3,(H,16,17);4-7H,1-3H3. The van der Waals surface area contributed by atoms with E-state index in [1.54, 1.807) is 0 Å². The fourth-order valence-electron chi connectivity index (χ4n) is 2.76. The van der Waals surface area contributed by atoms with Gasteiger partial charge >= 0.3 is 5.97 Å².